The van der Waals surface area contributed by atoms with Crippen LogP contribution in [-0.2, 0) is 36.9 Å². The highest BCUT2D eigenvalue weighted by molar-refractivity contribution is 6.30. The second kappa shape index (κ2) is 12.1. The number of halogens is 2. The van der Waals surface area contributed by atoms with Crippen LogP contribution < -0.4 is 0 Å². The highest BCUT2D eigenvalue weighted by Crippen LogP contribution is 2.29. The van der Waals surface area contributed by atoms with Crippen LogP contribution in [0.2, 0.25) is 10.0 Å². The van der Waals surface area contributed by atoms with Gasteiger partial charge < -0.3 is 28.8 Å². The summed E-state index contributed by atoms with van der Waals surface area (Å²) in [6.07, 6.45) is -3.36. The van der Waals surface area contributed by atoms with E-state index in [2.05, 4.69) is 0 Å². The average molecular weight is 471 g/mol. The first-order chi connectivity index (χ1) is 15.0. The maximum absolute atomic E-state index is 10.5. The highest BCUT2D eigenvalue weighted by atomic mass is 35.5. The summed E-state index contributed by atoms with van der Waals surface area (Å²) in [5.74, 6) is 0. The van der Waals surface area contributed by atoms with Crippen LogP contribution in [0.4, 0.5) is 0 Å². The van der Waals surface area contributed by atoms with Crippen molar-refractivity contribution in [2.45, 2.75) is 50.8 Å². The SMILES string of the molecule is CCOC1O[C@H]([C@@H](COCc2ccc(Cl)cc2)OCc2ccc(Cl)cc2)[C@H](OC)[C@H]1O. The second-order valence-corrected chi connectivity index (χ2v) is 8.11. The molecular weight excluding hydrogens is 443 g/mol. The molecule has 1 unspecified atom stereocenters. The van der Waals surface area contributed by atoms with Crippen LogP contribution in [-0.4, -0.2) is 56.1 Å². The number of aliphatic hydroxyl groups is 1. The molecule has 0 aliphatic carbocycles. The van der Waals surface area contributed by atoms with Crippen molar-refractivity contribution in [1.82, 2.24) is 0 Å². The van der Waals surface area contributed by atoms with Crippen LogP contribution in [0, 0.1) is 0 Å². The van der Waals surface area contributed by atoms with Gasteiger partial charge in [-0.3, -0.25) is 0 Å². The third-order valence-corrected chi connectivity index (χ3v) is 5.55. The lowest BCUT2D eigenvalue weighted by atomic mass is 10.1. The predicted octanol–water partition coefficient (Wildman–Crippen LogP) is 4.23. The highest BCUT2D eigenvalue weighted by Gasteiger charge is 2.48. The number of hydrogen-bond donors (Lipinski definition) is 1. The Hall–Kier alpha value is -1.22. The van der Waals surface area contributed by atoms with Crippen molar-refractivity contribution in [3.05, 3.63) is 69.7 Å². The van der Waals surface area contributed by atoms with Crippen molar-refractivity contribution in [2.75, 3.05) is 20.3 Å². The Bertz CT molecular complexity index is 786. The van der Waals surface area contributed by atoms with Crippen molar-refractivity contribution in [3.63, 3.8) is 0 Å². The van der Waals surface area contributed by atoms with Gasteiger partial charge in [0, 0.05) is 23.8 Å². The van der Waals surface area contributed by atoms with Gasteiger partial charge in [0.1, 0.15) is 24.4 Å². The molecule has 3 rings (SSSR count). The van der Waals surface area contributed by atoms with E-state index in [1.54, 1.807) is 0 Å². The Morgan fingerprint density at radius 2 is 1.55 bits per heavy atom. The number of aliphatic hydroxyl groups excluding tert-OH is 1. The summed E-state index contributed by atoms with van der Waals surface area (Å²) < 4.78 is 29.1. The summed E-state index contributed by atoms with van der Waals surface area (Å²) in [4.78, 5) is 0. The fourth-order valence-corrected chi connectivity index (χ4v) is 3.68. The van der Waals surface area contributed by atoms with Crippen molar-refractivity contribution >= 4 is 23.2 Å². The van der Waals surface area contributed by atoms with Crippen molar-refractivity contribution in [2.24, 2.45) is 0 Å². The van der Waals surface area contributed by atoms with Crippen molar-refractivity contribution in [1.29, 1.82) is 0 Å². The molecule has 0 radical (unpaired) electrons. The molecule has 1 saturated heterocycles. The fraction of sp³-hybridized carbons (Fsp3) is 0.478. The summed E-state index contributed by atoms with van der Waals surface area (Å²) >= 11 is 11.9. The smallest absolute Gasteiger partial charge is 0.186 e. The monoisotopic (exact) mass is 470 g/mol. The van der Waals surface area contributed by atoms with Crippen LogP contribution in [0.25, 0.3) is 0 Å². The molecule has 0 saturated carbocycles. The lowest BCUT2D eigenvalue weighted by Crippen LogP contribution is -2.43. The Kier molecular flexibility index (Phi) is 9.56. The summed E-state index contributed by atoms with van der Waals surface area (Å²) in [5, 5.41) is 11.9. The molecule has 2 aromatic carbocycles. The average Bonchev–Trinajstić information content (AvgIpc) is 3.08. The zero-order valence-electron chi connectivity index (χ0n) is 17.6. The van der Waals surface area contributed by atoms with Crippen LogP contribution in [0.1, 0.15) is 18.1 Å². The minimum atomic E-state index is -0.923. The molecule has 0 spiro atoms. The van der Waals surface area contributed by atoms with Crippen LogP contribution in [0.3, 0.4) is 0 Å². The fourth-order valence-electron chi connectivity index (χ4n) is 3.43. The Labute approximate surface area is 192 Å². The first-order valence-electron chi connectivity index (χ1n) is 10.2. The minimum absolute atomic E-state index is 0.242. The Balaban J connectivity index is 1.67. The quantitative estimate of drug-likeness (QED) is 0.529. The molecule has 170 valence electrons. The molecular formula is C23H28Cl2O6. The number of hydrogen-bond acceptors (Lipinski definition) is 6. The Morgan fingerprint density at radius 3 is 2.10 bits per heavy atom. The van der Waals surface area contributed by atoms with Gasteiger partial charge in [0.2, 0.25) is 0 Å². The zero-order chi connectivity index (χ0) is 22.2. The number of ether oxygens (including phenoxy) is 5. The second-order valence-electron chi connectivity index (χ2n) is 7.23. The van der Waals surface area contributed by atoms with E-state index in [1.807, 2.05) is 55.5 Å². The molecule has 0 aromatic heterocycles. The van der Waals surface area contributed by atoms with Gasteiger partial charge in [-0.2, -0.15) is 0 Å². The first kappa shape index (κ1) is 24.4. The molecule has 1 heterocycles. The summed E-state index contributed by atoms with van der Waals surface area (Å²) in [5.41, 5.74) is 1.95. The van der Waals surface area contributed by atoms with Crippen LogP contribution in [0.15, 0.2) is 48.5 Å². The molecule has 1 aliphatic rings. The van der Waals surface area contributed by atoms with Crippen LogP contribution >= 0.6 is 23.2 Å². The van der Waals surface area contributed by atoms with E-state index in [4.69, 9.17) is 46.9 Å². The van der Waals surface area contributed by atoms with E-state index in [0.717, 1.165) is 11.1 Å². The maximum Gasteiger partial charge on any atom is 0.186 e. The molecule has 31 heavy (non-hydrogen) atoms. The third-order valence-electron chi connectivity index (χ3n) is 5.04. The van der Waals surface area contributed by atoms with Crippen molar-refractivity contribution < 1.29 is 28.8 Å². The van der Waals surface area contributed by atoms with Gasteiger partial charge in [0.15, 0.2) is 6.29 Å². The molecule has 0 bridgehead atoms. The normalized spacial score (nSPS) is 24.4. The minimum Gasteiger partial charge on any atom is -0.385 e. The lowest BCUT2D eigenvalue weighted by Gasteiger charge is -2.27. The summed E-state index contributed by atoms with van der Waals surface area (Å²) in [7, 11) is 1.53. The van der Waals surface area contributed by atoms with Gasteiger partial charge in [0.05, 0.1) is 19.8 Å². The third kappa shape index (κ3) is 6.88. The molecule has 6 nitrogen and oxygen atoms in total. The maximum atomic E-state index is 10.5. The number of rotatable bonds is 11. The molecule has 1 fully saturated rings. The van der Waals surface area contributed by atoms with Crippen molar-refractivity contribution in [3.8, 4) is 0 Å². The summed E-state index contributed by atoms with van der Waals surface area (Å²) in [6, 6.07) is 14.9. The van der Waals surface area contributed by atoms with E-state index in [0.29, 0.717) is 29.9 Å². The lowest BCUT2D eigenvalue weighted by molar-refractivity contribution is -0.189. The van der Waals surface area contributed by atoms with Gasteiger partial charge in [0.25, 0.3) is 0 Å². The number of benzene rings is 2. The first-order valence-corrected chi connectivity index (χ1v) is 10.9. The predicted molar refractivity (Wildman–Crippen MR) is 118 cm³/mol. The van der Waals surface area contributed by atoms with Gasteiger partial charge in [-0.15, -0.1) is 0 Å². The number of methoxy groups -OCH3 is 1. The standard InChI is InChI=1S/C23H28Cl2O6/c1-3-29-23-20(26)22(27-2)21(31-23)19(30-13-16-6-10-18(25)11-7-16)14-28-12-15-4-8-17(24)9-5-15/h4-11,19-23,26H,3,12-14H2,1-2H3/t19-,20-,21-,22-,23?/m1/s1. The van der Waals surface area contributed by atoms with E-state index >= 15 is 0 Å². The van der Waals surface area contributed by atoms with E-state index in [9.17, 15) is 5.11 Å². The van der Waals surface area contributed by atoms with E-state index in [1.165, 1.54) is 7.11 Å². The van der Waals surface area contributed by atoms with Crippen LogP contribution in [0.5, 0.6) is 0 Å². The Morgan fingerprint density at radius 1 is 0.968 bits per heavy atom. The zero-order valence-corrected chi connectivity index (χ0v) is 19.1. The largest absolute Gasteiger partial charge is 0.385 e. The molecule has 1 N–H and O–H groups in total. The molecule has 2 aromatic rings. The topological polar surface area (TPSA) is 66.4 Å². The molecule has 5 atom stereocenters. The van der Waals surface area contributed by atoms with Gasteiger partial charge in [-0.1, -0.05) is 47.5 Å². The summed E-state index contributed by atoms with van der Waals surface area (Å²) in [6.45, 7) is 3.22. The molecule has 1 aliphatic heterocycles. The van der Waals surface area contributed by atoms with E-state index < -0.39 is 30.7 Å². The van der Waals surface area contributed by atoms with Gasteiger partial charge in [-0.25, -0.2) is 0 Å². The van der Waals surface area contributed by atoms with Gasteiger partial charge in [-0.05, 0) is 42.3 Å². The van der Waals surface area contributed by atoms with Gasteiger partial charge >= 0.3 is 0 Å². The molecule has 0 amide bonds. The van der Waals surface area contributed by atoms with E-state index in [-0.39, 0.29) is 6.61 Å². The molecule has 8 heteroatoms.